The Balaban J connectivity index is 3.10. The number of aldehydes is 1. The Morgan fingerprint density at radius 2 is 1.85 bits per heavy atom. The van der Waals surface area contributed by atoms with Crippen molar-refractivity contribution in [3.05, 3.63) is 35.9 Å². The SMILES string of the molecule is CC(C)[C@](O)(C=O)c1ccccc1. The maximum Gasteiger partial charge on any atom is 0.156 e. The maximum atomic E-state index is 10.8. The highest BCUT2D eigenvalue weighted by molar-refractivity contribution is 5.66. The summed E-state index contributed by atoms with van der Waals surface area (Å²) >= 11 is 0. The fourth-order valence-electron chi connectivity index (χ4n) is 1.24. The van der Waals surface area contributed by atoms with Crippen molar-refractivity contribution in [2.24, 2.45) is 5.92 Å². The van der Waals surface area contributed by atoms with Crippen LogP contribution in [0.5, 0.6) is 0 Å². The van der Waals surface area contributed by atoms with E-state index >= 15 is 0 Å². The van der Waals surface area contributed by atoms with Gasteiger partial charge < -0.3 is 5.11 Å². The number of carbonyl (C=O) groups is 1. The summed E-state index contributed by atoms with van der Waals surface area (Å²) < 4.78 is 0. The van der Waals surface area contributed by atoms with Gasteiger partial charge in [0.25, 0.3) is 0 Å². The van der Waals surface area contributed by atoms with Gasteiger partial charge in [-0.3, -0.25) is 4.79 Å². The molecule has 2 heteroatoms. The number of aliphatic hydroxyl groups is 1. The summed E-state index contributed by atoms with van der Waals surface area (Å²) in [6.45, 7) is 3.64. The lowest BCUT2D eigenvalue weighted by Crippen LogP contribution is -2.33. The molecule has 70 valence electrons. The summed E-state index contributed by atoms with van der Waals surface area (Å²) in [4.78, 5) is 10.8. The summed E-state index contributed by atoms with van der Waals surface area (Å²) in [5, 5.41) is 10.0. The number of carbonyl (C=O) groups excluding carboxylic acids is 1. The third-order valence-electron chi connectivity index (χ3n) is 2.30. The van der Waals surface area contributed by atoms with Crippen molar-refractivity contribution in [1.29, 1.82) is 0 Å². The number of benzene rings is 1. The van der Waals surface area contributed by atoms with Crippen LogP contribution in [0.15, 0.2) is 30.3 Å². The van der Waals surface area contributed by atoms with E-state index in [9.17, 15) is 9.90 Å². The minimum Gasteiger partial charge on any atom is -0.377 e. The predicted molar refractivity (Wildman–Crippen MR) is 51.2 cm³/mol. The average molecular weight is 178 g/mol. The molecule has 0 aliphatic rings. The molecular formula is C11H14O2. The van der Waals surface area contributed by atoms with E-state index in [1.807, 2.05) is 32.0 Å². The summed E-state index contributed by atoms with van der Waals surface area (Å²) in [6, 6.07) is 9.00. The third-order valence-corrected chi connectivity index (χ3v) is 2.30. The number of hydrogen-bond donors (Lipinski definition) is 1. The molecule has 0 radical (unpaired) electrons. The second kappa shape index (κ2) is 3.71. The van der Waals surface area contributed by atoms with Crippen molar-refractivity contribution in [3.8, 4) is 0 Å². The van der Waals surface area contributed by atoms with Gasteiger partial charge in [-0.15, -0.1) is 0 Å². The molecule has 0 bridgehead atoms. The topological polar surface area (TPSA) is 37.3 Å². The van der Waals surface area contributed by atoms with Gasteiger partial charge >= 0.3 is 0 Å². The summed E-state index contributed by atoms with van der Waals surface area (Å²) in [6.07, 6.45) is 0.604. The second-order valence-corrected chi connectivity index (χ2v) is 3.46. The highest BCUT2D eigenvalue weighted by atomic mass is 16.3. The van der Waals surface area contributed by atoms with Gasteiger partial charge in [-0.2, -0.15) is 0 Å². The van der Waals surface area contributed by atoms with Gasteiger partial charge in [-0.05, 0) is 11.5 Å². The Morgan fingerprint density at radius 1 is 1.31 bits per heavy atom. The lowest BCUT2D eigenvalue weighted by atomic mass is 9.85. The number of rotatable bonds is 3. The summed E-state index contributed by atoms with van der Waals surface area (Å²) in [5.41, 5.74) is -0.693. The molecule has 0 fully saturated rings. The molecule has 0 heterocycles. The smallest absolute Gasteiger partial charge is 0.156 e. The van der Waals surface area contributed by atoms with Crippen LogP contribution in [-0.4, -0.2) is 11.4 Å². The predicted octanol–water partition coefficient (Wildman–Crippen LogP) is 1.73. The molecule has 0 saturated carbocycles. The van der Waals surface area contributed by atoms with Crippen molar-refractivity contribution in [2.45, 2.75) is 19.4 Å². The van der Waals surface area contributed by atoms with E-state index in [-0.39, 0.29) is 5.92 Å². The van der Waals surface area contributed by atoms with E-state index in [1.165, 1.54) is 0 Å². The van der Waals surface area contributed by atoms with Gasteiger partial charge in [0.15, 0.2) is 6.29 Å². The van der Waals surface area contributed by atoms with Crippen LogP contribution >= 0.6 is 0 Å². The van der Waals surface area contributed by atoms with Crippen molar-refractivity contribution in [2.75, 3.05) is 0 Å². The second-order valence-electron chi connectivity index (χ2n) is 3.46. The maximum absolute atomic E-state index is 10.8. The van der Waals surface area contributed by atoms with Crippen LogP contribution in [0.25, 0.3) is 0 Å². The van der Waals surface area contributed by atoms with Crippen LogP contribution in [0.3, 0.4) is 0 Å². The molecule has 0 spiro atoms. The minimum atomic E-state index is -1.35. The molecule has 13 heavy (non-hydrogen) atoms. The van der Waals surface area contributed by atoms with E-state index < -0.39 is 5.60 Å². The van der Waals surface area contributed by atoms with E-state index in [1.54, 1.807) is 12.1 Å². The van der Waals surface area contributed by atoms with Crippen LogP contribution in [0.2, 0.25) is 0 Å². The molecular weight excluding hydrogens is 164 g/mol. The molecule has 0 aromatic heterocycles. The Morgan fingerprint density at radius 3 is 2.23 bits per heavy atom. The lowest BCUT2D eigenvalue weighted by molar-refractivity contribution is -0.129. The van der Waals surface area contributed by atoms with E-state index in [0.29, 0.717) is 11.8 Å². The van der Waals surface area contributed by atoms with Gasteiger partial charge in [0.05, 0.1) is 0 Å². The summed E-state index contributed by atoms with van der Waals surface area (Å²) in [5.74, 6) is -0.118. The molecule has 0 saturated heterocycles. The monoisotopic (exact) mass is 178 g/mol. The van der Waals surface area contributed by atoms with Crippen LogP contribution < -0.4 is 0 Å². The Kier molecular flexibility index (Phi) is 2.83. The highest BCUT2D eigenvalue weighted by Gasteiger charge is 2.32. The Labute approximate surface area is 78.2 Å². The van der Waals surface area contributed by atoms with Gasteiger partial charge in [0.2, 0.25) is 0 Å². The lowest BCUT2D eigenvalue weighted by Gasteiger charge is -2.26. The van der Waals surface area contributed by atoms with E-state index in [2.05, 4.69) is 0 Å². The Hall–Kier alpha value is -1.15. The summed E-state index contributed by atoms with van der Waals surface area (Å²) in [7, 11) is 0. The molecule has 0 aliphatic heterocycles. The van der Waals surface area contributed by atoms with Crippen LogP contribution in [0.1, 0.15) is 19.4 Å². The minimum absolute atomic E-state index is 0.118. The van der Waals surface area contributed by atoms with Gasteiger partial charge in [-0.25, -0.2) is 0 Å². The van der Waals surface area contributed by atoms with E-state index in [4.69, 9.17) is 0 Å². The first-order valence-corrected chi connectivity index (χ1v) is 4.35. The van der Waals surface area contributed by atoms with Crippen molar-refractivity contribution >= 4 is 6.29 Å². The fourth-order valence-corrected chi connectivity index (χ4v) is 1.24. The normalized spacial score (nSPS) is 15.4. The molecule has 0 amide bonds. The largest absolute Gasteiger partial charge is 0.377 e. The molecule has 1 atom stereocenters. The molecule has 1 N–H and O–H groups in total. The first-order chi connectivity index (χ1) is 6.11. The molecule has 2 nitrogen and oxygen atoms in total. The fraction of sp³-hybridized carbons (Fsp3) is 0.364. The zero-order chi connectivity index (χ0) is 9.90. The third kappa shape index (κ3) is 1.78. The zero-order valence-corrected chi connectivity index (χ0v) is 7.90. The first kappa shape index (κ1) is 9.93. The van der Waals surface area contributed by atoms with Crippen LogP contribution in [0, 0.1) is 5.92 Å². The first-order valence-electron chi connectivity index (χ1n) is 4.35. The molecule has 1 aromatic rings. The molecule has 1 aromatic carbocycles. The molecule has 0 unspecified atom stereocenters. The van der Waals surface area contributed by atoms with Crippen molar-refractivity contribution in [3.63, 3.8) is 0 Å². The molecule has 1 rings (SSSR count). The molecule has 0 aliphatic carbocycles. The van der Waals surface area contributed by atoms with Gasteiger partial charge in [-0.1, -0.05) is 44.2 Å². The zero-order valence-electron chi connectivity index (χ0n) is 7.90. The highest BCUT2D eigenvalue weighted by Crippen LogP contribution is 2.26. The standard InChI is InChI=1S/C11H14O2/c1-9(2)11(13,8-12)10-6-4-3-5-7-10/h3-9,13H,1-2H3/t11-/m1/s1. The Bertz CT molecular complexity index is 279. The van der Waals surface area contributed by atoms with Crippen LogP contribution in [-0.2, 0) is 10.4 Å². The van der Waals surface area contributed by atoms with E-state index in [0.717, 1.165) is 0 Å². The van der Waals surface area contributed by atoms with Crippen molar-refractivity contribution in [1.82, 2.24) is 0 Å². The van der Waals surface area contributed by atoms with Gasteiger partial charge in [0.1, 0.15) is 5.60 Å². The average Bonchev–Trinajstić information content (AvgIpc) is 2.17. The van der Waals surface area contributed by atoms with Crippen molar-refractivity contribution < 1.29 is 9.90 Å². The van der Waals surface area contributed by atoms with Crippen LogP contribution in [0.4, 0.5) is 0 Å². The number of hydrogen-bond acceptors (Lipinski definition) is 2. The quantitative estimate of drug-likeness (QED) is 0.716. The van der Waals surface area contributed by atoms with Gasteiger partial charge in [0, 0.05) is 0 Å².